The van der Waals surface area contributed by atoms with Crippen LogP contribution in [0.5, 0.6) is 0 Å². The van der Waals surface area contributed by atoms with E-state index in [1.165, 1.54) is 0 Å². The van der Waals surface area contributed by atoms with E-state index in [0.29, 0.717) is 26.1 Å². The number of β-amino-alcohol motifs (C(OH)–C–C–N with tert-alkyl or cyclic N) is 1. The van der Waals surface area contributed by atoms with Gasteiger partial charge < -0.3 is 20.6 Å². The van der Waals surface area contributed by atoms with Gasteiger partial charge in [-0.3, -0.25) is 9.59 Å². The first kappa shape index (κ1) is 15.9. The van der Waals surface area contributed by atoms with Gasteiger partial charge in [0.25, 0.3) is 0 Å². The van der Waals surface area contributed by atoms with Gasteiger partial charge >= 0.3 is 0 Å². The molecule has 0 radical (unpaired) electrons. The topological polar surface area (TPSA) is 81.7 Å². The molecule has 6 nitrogen and oxygen atoms in total. The van der Waals surface area contributed by atoms with E-state index < -0.39 is 6.10 Å². The van der Waals surface area contributed by atoms with Crippen LogP contribution in [0, 0.1) is 0 Å². The second kappa shape index (κ2) is 8.12. The maximum atomic E-state index is 12.3. The standard InChI is InChI=1S/C13H25N3O3/c1-3-5-14-12(18)9-16(6-4-2)13(19)11-7-10(17)8-15-11/h10-11,15,17H,3-9H2,1-2H3,(H,14,18). The van der Waals surface area contributed by atoms with E-state index in [4.69, 9.17) is 0 Å². The fourth-order valence-corrected chi connectivity index (χ4v) is 2.16. The zero-order valence-electron chi connectivity index (χ0n) is 11.8. The Hall–Kier alpha value is -1.14. The summed E-state index contributed by atoms with van der Waals surface area (Å²) in [7, 11) is 0. The van der Waals surface area contributed by atoms with Crippen molar-refractivity contribution in [2.24, 2.45) is 0 Å². The number of aliphatic hydroxyl groups excluding tert-OH is 1. The first-order chi connectivity index (χ1) is 9.08. The van der Waals surface area contributed by atoms with Crippen LogP contribution in [0.4, 0.5) is 0 Å². The summed E-state index contributed by atoms with van der Waals surface area (Å²) in [6.45, 7) is 5.69. The molecule has 0 spiro atoms. The lowest BCUT2D eigenvalue weighted by Gasteiger charge is -2.24. The first-order valence-corrected chi connectivity index (χ1v) is 7.05. The van der Waals surface area contributed by atoms with Crippen molar-refractivity contribution in [2.75, 3.05) is 26.2 Å². The first-order valence-electron chi connectivity index (χ1n) is 7.05. The number of carbonyl (C=O) groups is 2. The van der Waals surface area contributed by atoms with Gasteiger partial charge in [0, 0.05) is 19.6 Å². The van der Waals surface area contributed by atoms with Crippen molar-refractivity contribution in [1.82, 2.24) is 15.5 Å². The molecule has 1 aliphatic rings. The third kappa shape index (κ3) is 5.16. The Morgan fingerprint density at radius 3 is 2.63 bits per heavy atom. The van der Waals surface area contributed by atoms with Crippen LogP contribution in [0.15, 0.2) is 0 Å². The van der Waals surface area contributed by atoms with Crippen molar-refractivity contribution >= 4 is 11.8 Å². The number of hydrogen-bond donors (Lipinski definition) is 3. The molecule has 0 aromatic heterocycles. The number of amides is 2. The molecule has 0 saturated carbocycles. The summed E-state index contributed by atoms with van der Waals surface area (Å²) in [4.78, 5) is 25.5. The average Bonchev–Trinajstić information content (AvgIpc) is 2.81. The molecule has 1 heterocycles. The molecule has 3 N–H and O–H groups in total. The summed E-state index contributed by atoms with van der Waals surface area (Å²) in [5.74, 6) is -0.216. The van der Waals surface area contributed by atoms with Gasteiger partial charge in [-0.25, -0.2) is 0 Å². The summed E-state index contributed by atoms with van der Waals surface area (Å²) in [5, 5.41) is 15.2. The number of carbonyl (C=O) groups excluding carboxylic acids is 2. The van der Waals surface area contributed by atoms with Crippen LogP contribution in [0.2, 0.25) is 0 Å². The highest BCUT2D eigenvalue weighted by Gasteiger charge is 2.31. The number of nitrogens with zero attached hydrogens (tertiary/aromatic N) is 1. The van der Waals surface area contributed by atoms with Crippen LogP contribution in [-0.2, 0) is 9.59 Å². The molecule has 0 aromatic carbocycles. The molecule has 19 heavy (non-hydrogen) atoms. The lowest BCUT2D eigenvalue weighted by Crippen LogP contribution is -2.48. The van der Waals surface area contributed by atoms with Crippen LogP contribution in [0.25, 0.3) is 0 Å². The molecule has 2 amide bonds. The van der Waals surface area contributed by atoms with Crippen molar-refractivity contribution in [3.8, 4) is 0 Å². The third-order valence-electron chi connectivity index (χ3n) is 3.12. The van der Waals surface area contributed by atoms with Crippen LogP contribution in [-0.4, -0.2) is 60.1 Å². The lowest BCUT2D eigenvalue weighted by atomic mass is 10.1. The molecule has 1 fully saturated rings. The molecule has 110 valence electrons. The SMILES string of the molecule is CCCNC(=O)CN(CCC)C(=O)C1CC(O)CN1. The molecule has 0 aromatic rings. The summed E-state index contributed by atoms with van der Waals surface area (Å²) >= 11 is 0. The van der Waals surface area contributed by atoms with E-state index in [1.807, 2.05) is 13.8 Å². The van der Waals surface area contributed by atoms with Gasteiger partial charge in [0.15, 0.2) is 0 Å². The number of hydrogen-bond acceptors (Lipinski definition) is 4. The molecular formula is C13H25N3O3. The molecule has 6 heteroatoms. The minimum Gasteiger partial charge on any atom is -0.392 e. The zero-order chi connectivity index (χ0) is 14.3. The van der Waals surface area contributed by atoms with E-state index in [-0.39, 0.29) is 24.4 Å². The van der Waals surface area contributed by atoms with Crippen LogP contribution in [0.3, 0.4) is 0 Å². The molecule has 1 aliphatic heterocycles. The second-order valence-corrected chi connectivity index (χ2v) is 4.96. The quantitative estimate of drug-likeness (QED) is 0.581. The predicted molar refractivity (Wildman–Crippen MR) is 72.6 cm³/mol. The number of rotatable bonds is 7. The Kier molecular flexibility index (Phi) is 6.80. The van der Waals surface area contributed by atoms with Crippen LogP contribution >= 0.6 is 0 Å². The fraction of sp³-hybridized carbons (Fsp3) is 0.846. The Balaban J connectivity index is 2.50. The van der Waals surface area contributed by atoms with E-state index in [2.05, 4.69) is 10.6 Å². The summed E-state index contributed by atoms with van der Waals surface area (Å²) in [6.07, 6.45) is 1.65. The van der Waals surface area contributed by atoms with Gasteiger partial charge in [0.1, 0.15) is 0 Å². The van der Waals surface area contributed by atoms with E-state index >= 15 is 0 Å². The molecule has 0 aliphatic carbocycles. The van der Waals surface area contributed by atoms with Gasteiger partial charge in [-0.05, 0) is 19.3 Å². The summed E-state index contributed by atoms with van der Waals surface area (Å²) in [5.41, 5.74) is 0. The van der Waals surface area contributed by atoms with Gasteiger partial charge in [0.05, 0.1) is 18.7 Å². The minimum absolute atomic E-state index is 0.0925. The molecule has 1 rings (SSSR count). The highest BCUT2D eigenvalue weighted by Crippen LogP contribution is 2.10. The maximum absolute atomic E-state index is 12.3. The highest BCUT2D eigenvalue weighted by molar-refractivity contribution is 5.87. The van der Waals surface area contributed by atoms with Gasteiger partial charge in [-0.2, -0.15) is 0 Å². The van der Waals surface area contributed by atoms with Crippen molar-refractivity contribution in [3.05, 3.63) is 0 Å². The van der Waals surface area contributed by atoms with Crippen molar-refractivity contribution in [3.63, 3.8) is 0 Å². The van der Waals surface area contributed by atoms with Gasteiger partial charge in [-0.15, -0.1) is 0 Å². The molecular weight excluding hydrogens is 246 g/mol. The van der Waals surface area contributed by atoms with E-state index in [0.717, 1.165) is 12.8 Å². The zero-order valence-corrected chi connectivity index (χ0v) is 11.8. The number of aliphatic hydroxyl groups is 1. The highest BCUT2D eigenvalue weighted by atomic mass is 16.3. The second-order valence-electron chi connectivity index (χ2n) is 4.96. The van der Waals surface area contributed by atoms with Gasteiger partial charge in [-0.1, -0.05) is 13.8 Å². The smallest absolute Gasteiger partial charge is 0.240 e. The maximum Gasteiger partial charge on any atom is 0.240 e. The van der Waals surface area contributed by atoms with E-state index in [1.54, 1.807) is 4.90 Å². The van der Waals surface area contributed by atoms with Crippen molar-refractivity contribution < 1.29 is 14.7 Å². The van der Waals surface area contributed by atoms with E-state index in [9.17, 15) is 14.7 Å². The van der Waals surface area contributed by atoms with Gasteiger partial charge in [0.2, 0.25) is 11.8 Å². The monoisotopic (exact) mass is 271 g/mol. The van der Waals surface area contributed by atoms with Crippen LogP contribution < -0.4 is 10.6 Å². The van der Waals surface area contributed by atoms with Crippen molar-refractivity contribution in [2.45, 2.75) is 45.3 Å². The Bertz CT molecular complexity index is 310. The molecule has 1 saturated heterocycles. The third-order valence-corrected chi connectivity index (χ3v) is 3.12. The Morgan fingerprint density at radius 1 is 1.37 bits per heavy atom. The average molecular weight is 271 g/mol. The van der Waals surface area contributed by atoms with Crippen molar-refractivity contribution in [1.29, 1.82) is 0 Å². The lowest BCUT2D eigenvalue weighted by molar-refractivity contribution is -0.137. The Labute approximate surface area is 114 Å². The molecule has 0 bridgehead atoms. The molecule has 2 atom stereocenters. The summed E-state index contributed by atoms with van der Waals surface area (Å²) < 4.78 is 0. The largest absolute Gasteiger partial charge is 0.392 e. The number of nitrogens with one attached hydrogen (secondary N) is 2. The summed E-state index contributed by atoms with van der Waals surface area (Å²) in [6, 6.07) is -0.361. The molecule has 2 unspecified atom stereocenters. The Morgan fingerprint density at radius 2 is 2.11 bits per heavy atom. The van der Waals surface area contributed by atoms with Crippen LogP contribution in [0.1, 0.15) is 33.1 Å². The fourth-order valence-electron chi connectivity index (χ4n) is 2.16. The normalized spacial score (nSPS) is 22.3. The minimum atomic E-state index is -0.466. The predicted octanol–water partition coefficient (Wildman–Crippen LogP) is -0.526.